The van der Waals surface area contributed by atoms with Gasteiger partial charge in [0.25, 0.3) is 5.91 Å². The summed E-state index contributed by atoms with van der Waals surface area (Å²) in [6.45, 7) is 2.12. The highest BCUT2D eigenvalue weighted by molar-refractivity contribution is 5.91. The van der Waals surface area contributed by atoms with Gasteiger partial charge >= 0.3 is 0 Å². The van der Waals surface area contributed by atoms with Crippen molar-refractivity contribution < 1.29 is 4.79 Å². The van der Waals surface area contributed by atoms with Crippen LogP contribution < -0.4 is 11.1 Å². The Labute approximate surface area is 104 Å². The van der Waals surface area contributed by atoms with E-state index in [1.807, 2.05) is 12.3 Å². The first-order valence-electron chi connectivity index (χ1n) is 5.65. The molecule has 96 valence electrons. The lowest BCUT2D eigenvalue weighted by atomic mass is 10.4. The van der Waals surface area contributed by atoms with Crippen molar-refractivity contribution in [2.75, 3.05) is 13.1 Å². The molecule has 2 aromatic rings. The lowest BCUT2D eigenvalue weighted by molar-refractivity contribution is 0.0947. The topological polar surface area (TPSA) is 104 Å². The first-order valence-corrected chi connectivity index (χ1v) is 5.65. The molecule has 0 unspecified atom stereocenters. The average Bonchev–Trinajstić information content (AvgIpc) is 3.00. The van der Waals surface area contributed by atoms with Gasteiger partial charge in [-0.2, -0.15) is 5.10 Å². The number of hydrogen-bond acceptors (Lipinski definition) is 5. The van der Waals surface area contributed by atoms with Crippen molar-refractivity contribution >= 4 is 5.91 Å². The Morgan fingerprint density at radius 2 is 2.28 bits per heavy atom. The van der Waals surface area contributed by atoms with Crippen LogP contribution in [-0.2, 0) is 13.1 Å². The van der Waals surface area contributed by atoms with E-state index in [0.717, 1.165) is 0 Å². The highest BCUT2D eigenvalue weighted by Crippen LogP contribution is 1.92. The number of nitrogens with two attached hydrogens (primary N) is 1. The van der Waals surface area contributed by atoms with E-state index in [2.05, 4.69) is 20.7 Å². The fourth-order valence-electron chi connectivity index (χ4n) is 1.45. The Kier molecular flexibility index (Phi) is 4.02. The quantitative estimate of drug-likeness (QED) is 0.673. The third kappa shape index (κ3) is 3.14. The minimum Gasteiger partial charge on any atom is -0.349 e. The molecule has 18 heavy (non-hydrogen) atoms. The Bertz CT molecular complexity index is 490. The fourth-order valence-corrected chi connectivity index (χ4v) is 1.45. The smallest absolute Gasteiger partial charge is 0.273 e. The molecule has 0 bridgehead atoms. The number of aromatic nitrogens is 5. The van der Waals surface area contributed by atoms with Crippen LogP contribution in [0.25, 0.3) is 0 Å². The van der Waals surface area contributed by atoms with Gasteiger partial charge < -0.3 is 11.1 Å². The molecule has 0 aliphatic carbocycles. The van der Waals surface area contributed by atoms with Gasteiger partial charge in [-0.05, 0) is 6.07 Å². The summed E-state index contributed by atoms with van der Waals surface area (Å²) in [5, 5.41) is 14.3. The van der Waals surface area contributed by atoms with Gasteiger partial charge in [-0.25, -0.2) is 0 Å². The molecule has 0 fully saturated rings. The van der Waals surface area contributed by atoms with Crippen molar-refractivity contribution in [1.29, 1.82) is 0 Å². The second kappa shape index (κ2) is 5.92. The van der Waals surface area contributed by atoms with E-state index in [4.69, 9.17) is 5.73 Å². The number of nitrogens with one attached hydrogen (secondary N) is 1. The normalized spacial score (nSPS) is 10.5. The number of carbonyl (C=O) groups excluding carboxylic acids is 1. The monoisotopic (exact) mass is 249 g/mol. The van der Waals surface area contributed by atoms with Gasteiger partial charge in [0.2, 0.25) is 0 Å². The molecule has 0 spiro atoms. The van der Waals surface area contributed by atoms with Gasteiger partial charge in [0.15, 0.2) is 5.69 Å². The SMILES string of the molecule is NCCn1cc(C(=O)NCCn2cccn2)nn1. The molecule has 0 aliphatic rings. The molecule has 3 N–H and O–H groups in total. The molecule has 2 heterocycles. The molecule has 0 aliphatic heterocycles. The van der Waals surface area contributed by atoms with Crippen LogP contribution >= 0.6 is 0 Å². The van der Waals surface area contributed by atoms with Crippen molar-refractivity contribution in [2.45, 2.75) is 13.1 Å². The van der Waals surface area contributed by atoms with E-state index in [-0.39, 0.29) is 5.91 Å². The summed E-state index contributed by atoms with van der Waals surface area (Å²) in [5.41, 5.74) is 5.68. The maximum absolute atomic E-state index is 11.7. The minimum atomic E-state index is -0.245. The number of amides is 1. The maximum Gasteiger partial charge on any atom is 0.273 e. The Hall–Kier alpha value is -2.22. The van der Waals surface area contributed by atoms with Crippen LogP contribution in [0.5, 0.6) is 0 Å². The van der Waals surface area contributed by atoms with Crippen molar-refractivity contribution in [3.8, 4) is 0 Å². The zero-order chi connectivity index (χ0) is 12.8. The minimum absolute atomic E-state index is 0.245. The lowest BCUT2D eigenvalue weighted by Gasteiger charge is -2.02. The zero-order valence-corrected chi connectivity index (χ0v) is 9.86. The summed E-state index contributed by atoms with van der Waals surface area (Å²) < 4.78 is 3.29. The van der Waals surface area contributed by atoms with E-state index in [1.54, 1.807) is 21.8 Å². The van der Waals surface area contributed by atoms with Crippen molar-refractivity contribution in [1.82, 2.24) is 30.1 Å². The maximum atomic E-state index is 11.7. The second-order valence-electron chi connectivity index (χ2n) is 3.68. The van der Waals surface area contributed by atoms with Crippen LogP contribution in [0.3, 0.4) is 0 Å². The molecule has 2 rings (SSSR count). The average molecular weight is 249 g/mol. The summed E-state index contributed by atoms with van der Waals surface area (Å²) >= 11 is 0. The summed E-state index contributed by atoms with van der Waals surface area (Å²) in [7, 11) is 0. The molecular weight excluding hydrogens is 234 g/mol. The number of rotatable bonds is 6. The number of nitrogens with zero attached hydrogens (tertiary/aromatic N) is 5. The van der Waals surface area contributed by atoms with Crippen molar-refractivity contribution in [3.63, 3.8) is 0 Å². The van der Waals surface area contributed by atoms with Crippen LogP contribution in [0.1, 0.15) is 10.5 Å². The van der Waals surface area contributed by atoms with Crippen LogP contribution in [0.15, 0.2) is 24.7 Å². The molecule has 0 saturated heterocycles. The van der Waals surface area contributed by atoms with Crippen molar-refractivity contribution in [3.05, 3.63) is 30.4 Å². The molecular formula is C10H15N7O. The predicted molar refractivity (Wildman–Crippen MR) is 63.6 cm³/mol. The van der Waals surface area contributed by atoms with Crippen LogP contribution in [0.2, 0.25) is 0 Å². The Balaban J connectivity index is 1.80. The van der Waals surface area contributed by atoms with Gasteiger partial charge in [0.05, 0.1) is 19.3 Å². The van der Waals surface area contributed by atoms with Gasteiger partial charge in [0, 0.05) is 25.5 Å². The number of carbonyl (C=O) groups is 1. The van der Waals surface area contributed by atoms with E-state index < -0.39 is 0 Å². The van der Waals surface area contributed by atoms with Crippen LogP contribution in [-0.4, -0.2) is 43.8 Å². The zero-order valence-electron chi connectivity index (χ0n) is 9.86. The summed E-state index contributed by atoms with van der Waals surface area (Å²) in [5.74, 6) is -0.245. The summed E-state index contributed by atoms with van der Waals surface area (Å²) in [6.07, 6.45) is 5.11. The van der Waals surface area contributed by atoms with Crippen LogP contribution in [0.4, 0.5) is 0 Å². The predicted octanol–water partition coefficient (Wildman–Crippen LogP) is -1.14. The number of hydrogen-bond donors (Lipinski definition) is 2. The molecule has 0 atom stereocenters. The van der Waals surface area contributed by atoms with Gasteiger partial charge in [-0.1, -0.05) is 5.21 Å². The highest BCUT2D eigenvalue weighted by atomic mass is 16.2. The Morgan fingerprint density at radius 3 is 3.00 bits per heavy atom. The third-order valence-electron chi connectivity index (χ3n) is 2.32. The third-order valence-corrected chi connectivity index (χ3v) is 2.32. The lowest BCUT2D eigenvalue weighted by Crippen LogP contribution is -2.27. The fraction of sp³-hybridized carbons (Fsp3) is 0.400. The largest absolute Gasteiger partial charge is 0.349 e. The van der Waals surface area contributed by atoms with Gasteiger partial charge in [-0.15, -0.1) is 5.10 Å². The van der Waals surface area contributed by atoms with Crippen LogP contribution in [0, 0.1) is 0 Å². The van der Waals surface area contributed by atoms with Crippen molar-refractivity contribution in [2.24, 2.45) is 5.73 Å². The molecule has 0 radical (unpaired) electrons. The molecule has 2 aromatic heterocycles. The molecule has 8 heteroatoms. The molecule has 1 amide bonds. The van der Waals surface area contributed by atoms with E-state index in [9.17, 15) is 4.79 Å². The summed E-state index contributed by atoms with van der Waals surface area (Å²) in [4.78, 5) is 11.7. The molecule has 0 saturated carbocycles. The van der Waals surface area contributed by atoms with E-state index >= 15 is 0 Å². The Morgan fingerprint density at radius 1 is 1.39 bits per heavy atom. The highest BCUT2D eigenvalue weighted by Gasteiger charge is 2.09. The second-order valence-corrected chi connectivity index (χ2v) is 3.68. The summed E-state index contributed by atoms with van der Waals surface area (Å²) in [6, 6.07) is 1.83. The molecule has 0 aromatic carbocycles. The standard InChI is InChI=1S/C10H15N7O/c11-2-6-17-8-9(14-15-17)10(18)12-4-7-16-5-1-3-13-16/h1,3,5,8H,2,4,6-7,11H2,(H,12,18). The molecule has 8 nitrogen and oxygen atoms in total. The first kappa shape index (κ1) is 12.2. The van der Waals surface area contributed by atoms with E-state index in [1.165, 1.54) is 0 Å². The first-order chi connectivity index (χ1) is 8.79. The van der Waals surface area contributed by atoms with Gasteiger partial charge in [0.1, 0.15) is 0 Å². The van der Waals surface area contributed by atoms with E-state index in [0.29, 0.717) is 31.9 Å². The van der Waals surface area contributed by atoms with Gasteiger partial charge in [-0.3, -0.25) is 14.2 Å².